The molecule has 0 radical (unpaired) electrons. The molecule has 0 atom stereocenters. The molecule has 0 unspecified atom stereocenters. The lowest BCUT2D eigenvalue weighted by Crippen LogP contribution is -2.41. The summed E-state index contributed by atoms with van der Waals surface area (Å²) < 4.78 is 13.0. The van der Waals surface area contributed by atoms with Crippen LogP contribution in [-0.4, -0.2) is 52.9 Å². The predicted octanol–water partition coefficient (Wildman–Crippen LogP) is 3.41. The summed E-state index contributed by atoms with van der Waals surface area (Å²) in [5.74, 6) is 4.12. The minimum absolute atomic E-state index is 0. The molecule has 0 fully saturated rings. The lowest BCUT2D eigenvalue weighted by Gasteiger charge is -2.22. The molecule has 0 bridgehead atoms. The van der Waals surface area contributed by atoms with Gasteiger partial charge >= 0.3 is 0 Å². The van der Waals surface area contributed by atoms with E-state index in [1.807, 2.05) is 68.1 Å². The average Bonchev–Trinajstić information content (AvgIpc) is 3.12. The number of ether oxygens (including phenoxy) is 2. The number of aromatic nitrogens is 3. The standard InChI is InChI=1S/C23H30N6O2.HI/c1-18-26-27-22(29(18)3)17-25-23(24-16-19-8-6-5-7-9-19)28(2)14-15-31-21-12-10-20(30-4)11-13-21;/h5-13H,14-17H2,1-4H3,(H,24,25);1H. The molecule has 3 rings (SSSR count). The van der Waals surface area contributed by atoms with Crippen molar-refractivity contribution in [3.63, 3.8) is 0 Å². The molecule has 9 heteroatoms. The number of aryl methyl sites for hydroxylation is 1. The van der Waals surface area contributed by atoms with Gasteiger partial charge < -0.3 is 24.3 Å². The number of methoxy groups -OCH3 is 1. The Morgan fingerprint density at radius 2 is 1.75 bits per heavy atom. The third kappa shape index (κ3) is 7.40. The summed E-state index contributed by atoms with van der Waals surface area (Å²) in [4.78, 5) is 6.85. The molecule has 172 valence electrons. The second kappa shape index (κ2) is 12.9. The van der Waals surface area contributed by atoms with Gasteiger partial charge in [0.15, 0.2) is 11.8 Å². The highest BCUT2D eigenvalue weighted by atomic mass is 127. The Labute approximate surface area is 206 Å². The van der Waals surface area contributed by atoms with Crippen molar-refractivity contribution in [2.75, 3.05) is 27.3 Å². The topological polar surface area (TPSA) is 76.8 Å². The van der Waals surface area contributed by atoms with Crippen LogP contribution >= 0.6 is 24.0 Å². The Morgan fingerprint density at radius 1 is 1.06 bits per heavy atom. The smallest absolute Gasteiger partial charge is 0.194 e. The quantitative estimate of drug-likeness (QED) is 0.250. The highest BCUT2D eigenvalue weighted by Gasteiger charge is 2.10. The van der Waals surface area contributed by atoms with Crippen LogP contribution in [0.15, 0.2) is 59.6 Å². The average molecular weight is 550 g/mol. The van der Waals surface area contributed by atoms with Crippen LogP contribution in [-0.2, 0) is 20.1 Å². The normalized spacial score (nSPS) is 10.9. The zero-order chi connectivity index (χ0) is 22.1. The number of hydrogen-bond donors (Lipinski definition) is 1. The maximum atomic E-state index is 5.87. The van der Waals surface area contributed by atoms with E-state index in [1.165, 1.54) is 0 Å². The number of nitrogens with zero attached hydrogens (tertiary/aromatic N) is 5. The van der Waals surface area contributed by atoms with Crippen LogP contribution < -0.4 is 14.8 Å². The van der Waals surface area contributed by atoms with Crippen LogP contribution in [0.2, 0.25) is 0 Å². The molecule has 0 aliphatic heterocycles. The van der Waals surface area contributed by atoms with Crippen LogP contribution in [0.1, 0.15) is 17.2 Å². The summed E-state index contributed by atoms with van der Waals surface area (Å²) in [6.07, 6.45) is 0. The van der Waals surface area contributed by atoms with Gasteiger partial charge in [0.05, 0.1) is 26.7 Å². The zero-order valence-electron chi connectivity index (χ0n) is 19.0. The number of guanidine groups is 1. The molecule has 0 aliphatic rings. The summed E-state index contributed by atoms with van der Waals surface area (Å²) in [6, 6.07) is 17.8. The van der Waals surface area contributed by atoms with Gasteiger partial charge in [0, 0.05) is 14.1 Å². The fraction of sp³-hybridized carbons (Fsp3) is 0.348. The lowest BCUT2D eigenvalue weighted by atomic mass is 10.2. The summed E-state index contributed by atoms with van der Waals surface area (Å²) in [5.41, 5.74) is 1.15. The Hall–Kier alpha value is -2.82. The van der Waals surface area contributed by atoms with Gasteiger partial charge in [0.2, 0.25) is 0 Å². The van der Waals surface area contributed by atoms with Gasteiger partial charge in [-0.3, -0.25) is 0 Å². The number of hydrogen-bond acceptors (Lipinski definition) is 5. The first-order chi connectivity index (χ1) is 15.1. The fourth-order valence-corrected chi connectivity index (χ4v) is 2.90. The van der Waals surface area contributed by atoms with Crippen molar-refractivity contribution in [2.45, 2.75) is 20.0 Å². The SMILES string of the molecule is COc1ccc(OCCN(C)C(=NCc2ccccc2)NCc2nnc(C)n2C)cc1.I. The summed E-state index contributed by atoms with van der Waals surface area (Å²) in [6.45, 7) is 4.26. The second-order valence-corrected chi connectivity index (χ2v) is 7.15. The van der Waals surface area contributed by atoms with Gasteiger partial charge in [0.1, 0.15) is 23.9 Å². The first-order valence-corrected chi connectivity index (χ1v) is 10.2. The molecule has 32 heavy (non-hydrogen) atoms. The third-order valence-corrected chi connectivity index (χ3v) is 4.96. The Balaban J connectivity index is 0.00000363. The molecule has 0 spiro atoms. The van der Waals surface area contributed by atoms with Gasteiger partial charge in [-0.05, 0) is 36.8 Å². The minimum atomic E-state index is 0. The third-order valence-electron chi connectivity index (χ3n) is 4.96. The van der Waals surface area contributed by atoms with Crippen molar-refractivity contribution < 1.29 is 9.47 Å². The van der Waals surface area contributed by atoms with Gasteiger partial charge in [-0.15, -0.1) is 34.2 Å². The highest BCUT2D eigenvalue weighted by Crippen LogP contribution is 2.16. The van der Waals surface area contributed by atoms with E-state index in [2.05, 4.69) is 32.5 Å². The maximum Gasteiger partial charge on any atom is 0.194 e. The highest BCUT2D eigenvalue weighted by molar-refractivity contribution is 14.0. The van der Waals surface area contributed by atoms with Crippen molar-refractivity contribution in [1.82, 2.24) is 25.0 Å². The molecule has 1 aromatic heterocycles. The van der Waals surface area contributed by atoms with Crippen molar-refractivity contribution in [1.29, 1.82) is 0 Å². The molecule has 0 saturated heterocycles. The first kappa shape index (κ1) is 25.4. The van der Waals surface area contributed by atoms with E-state index >= 15 is 0 Å². The fourth-order valence-electron chi connectivity index (χ4n) is 2.90. The molecule has 0 saturated carbocycles. The van der Waals surface area contributed by atoms with Gasteiger partial charge in [-0.1, -0.05) is 30.3 Å². The van der Waals surface area contributed by atoms with E-state index in [-0.39, 0.29) is 24.0 Å². The largest absolute Gasteiger partial charge is 0.497 e. The molecule has 1 heterocycles. The predicted molar refractivity (Wildman–Crippen MR) is 137 cm³/mol. The number of halogens is 1. The van der Waals surface area contributed by atoms with Crippen LogP contribution in [0, 0.1) is 6.92 Å². The van der Waals surface area contributed by atoms with Crippen LogP contribution in [0.25, 0.3) is 0 Å². The van der Waals surface area contributed by atoms with Crippen molar-refractivity contribution in [3.05, 3.63) is 71.8 Å². The van der Waals surface area contributed by atoms with E-state index in [0.717, 1.165) is 34.7 Å². The Morgan fingerprint density at radius 3 is 2.38 bits per heavy atom. The number of likely N-dealkylation sites (N-methyl/N-ethyl adjacent to an activating group) is 1. The molecule has 1 N–H and O–H groups in total. The van der Waals surface area contributed by atoms with Gasteiger partial charge in [0.25, 0.3) is 0 Å². The van der Waals surface area contributed by atoms with Crippen molar-refractivity contribution >= 4 is 29.9 Å². The molecule has 0 amide bonds. The van der Waals surface area contributed by atoms with E-state index in [1.54, 1.807) is 7.11 Å². The summed E-state index contributed by atoms with van der Waals surface area (Å²) >= 11 is 0. The molecule has 3 aromatic rings. The van der Waals surface area contributed by atoms with Crippen molar-refractivity contribution in [2.24, 2.45) is 12.0 Å². The number of benzene rings is 2. The monoisotopic (exact) mass is 550 g/mol. The maximum absolute atomic E-state index is 5.87. The van der Waals surface area contributed by atoms with Gasteiger partial charge in [-0.25, -0.2) is 4.99 Å². The number of nitrogens with one attached hydrogen (secondary N) is 1. The van der Waals surface area contributed by atoms with Crippen LogP contribution in [0.4, 0.5) is 0 Å². The van der Waals surface area contributed by atoms with Crippen molar-refractivity contribution in [3.8, 4) is 11.5 Å². The van der Waals surface area contributed by atoms with E-state index < -0.39 is 0 Å². The summed E-state index contributed by atoms with van der Waals surface area (Å²) in [5, 5.41) is 11.7. The van der Waals surface area contributed by atoms with E-state index in [0.29, 0.717) is 26.2 Å². The number of rotatable bonds is 9. The molecular weight excluding hydrogens is 519 g/mol. The van der Waals surface area contributed by atoms with Gasteiger partial charge in [-0.2, -0.15) is 0 Å². The van der Waals surface area contributed by atoms with E-state index in [4.69, 9.17) is 14.5 Å². The Kier molecular flexibility index (Phi) is 10.3. The minimum Gasteiger partial charge on any atom is -0.497 e. The van der Waals surface area contributed by atoms with Crippen LogP contribution in [0.3, 0.4) is 0 Å². The zero-order valence-corrected chi connectivity index (χ0v) is 21.3. The molecule has 2 aromatic carbocycles. The summed E-state index contributed by atoms with van der Waals surface area (Å²) in [7, 11) is 5.60. The Bertz CT molecular complexity index is 976. The van der Waals surface area contributed by atoms with E-state index in [9.17, 15) is 0 Å². The lowest BCUT2D eigenvalue weighted by molar-refractivity contribution is 0.280. The first-order valence-electron chi connectivity index (χ1n) is 10.2. The molecular formula is C23H31IN6O2. The molecule has 8 nitrogen and oxygen atoms in total. The van der Waals surface area contributed by atoms with Crippen LogP contribution in [0.5, 0.6) is 11.5 Å². The second-order valence-electron chi connectivity index (χ2n) is 7.15. The molecule has 0 aliphatic carbocycles. The number of aliphatic imine (C=N–C) groups is 1.